The minimum absolute atomic E-state index is 0.0300. The fraction of sp³-hybridized carbons (Fsp3) is 0.375. The number of carbonyl (C=O) groups excluding carboxylic acids is 4. The molecule has 0 spiro atoms. The van der Waals surface area contributed by atoms with Crippen LogP contribution in [0.5, 0.6) is 0 Å². The number of nitrogens with one attached hydrogen (secondary N) is 4. The molecule has 0 radical (unpaired) electrons. The van der Waals surface area contributed by atoms with Gasteiger partial charge in [0.25, 0.3) is 11.6 Å². The van der Waals surface area contributed by atoms with Crippen molar-refractivity contribution in [3.8, 4) is 0 Å². The van der Waals surface area contributed by atoms with Gasteiger partial charge >= 0.3 is 0 Å². The molecule has 1 heterocycles. The molecule has 0 aliphatic rings. The monoisotopic (exact) mass is 681 g/mol. The molecule has 4 amide bonds. The second-order valence-electron chi connectivity index (χ2n) is 10.9. The molecule has 0 aliphatic heterocycles. The molecule has 0 fully saturated rings. The summed E-state index contributed by atoms with van der Waals surface area (Å²) < 4.78 is 0. The number of nitro groups is 1. The number of amides is 4. The van der Waals surface area contributed by atoms with Crippen molar-refractivity contribution in [1.29, 1.82) is 0 Å². The zero-order valence-electron chi connectivity index (χ0n) is 26.4. The van der Waals surface area contributed by atoms with Gasteiger partial charge in [-0.15, -0.1) is 0 Å². The summed E-state index contributed by atoms with van der Waals surface area (Å²) in [6.45, 7) is 4.07. The SMILES string of the molecule is CNC(=O)[C@H](Cc1ccccc1)NC(=O)C(CC(C)C)NC(=O)C(CCCNC(=O)c1cnccn1)SSc1ccccc1[N+](=O)[O-]. The number of nitro benzene ring substituents is 1. The third kappa shape index (κ3) is 12.3. The molecule has 3 atom stereocenters. The summed E-state index contributed by atoms with van der Waals surface area (Å²) in [5.74, 6) is -1.68. The van der Waals surface area contributed by atoms with E-state index in [2.05, 4.69) is 31.2 Å². The van der Waals surface area contributed by atoms with E-state index in [1.807, 2.05) is 44.2 Å². The number of rotatable bonds is 18. The lowest BCUT2D eigenvalue weighted by molar-refractivity contribution is -0.387. The second-order valence-corrected chi connectivity index (χ2v) is 13.4. The Labute approximate surface area is 281 Å². The second kappa shape index (κ2) is 19.2. The first-order valence-electron chi connectivity index (χ1n) is 15.1. The van der Waals surface area contributed by atoms with Gasteiger partial charge in [0.15, 0.2) is 0 Å². The van der Waals surface area contributed by atoms with Crippen LogP contribution in [0.25, 0.3) is 0 Å². The van der Waals surface area contributed by atoms with Crippen LogP contribution in [0.4, 0.5) is 5.69 Å². The average Bonchev–Trinajstić information content (AvgIpc) is 3.07. The molecule has 13 nitrogen and oxygen atoms in total. The van der Waals surface area contributed by atoms with Gasteiger partial charge in [-0.3, -0.25) is 34.3 Å². The third-order valence-corrected chi connectivity index (χ3v) is 9.66. The molecule has 4 N–H and O–H groups in total. The molecular weight excluding hydrogens is 643 g/mol. The lowest BCUT2D eigenvalue weighted by Gasteiger charge is -2.25. The van der Waals surface area contributed by atoms with E-state index < -0.39 is 40.0 Å². The molecule has 250 valence electrons. The Morgan fingerprint density at radius 3 is 2.28 bits per heavy atom. The fourth-order valence-corrected chi connectivity index (χ4v) is 7.11. The first-order valence-corrected chi connectivity index (χ1v) is 17.3. The van der Waals surface area contributed by atoms with Crippen LogP contribution in [0.3, 0.4) is 0 Å². The number of nitrogens with zero attached hydrogens (tertiary/aromatic N) is 3. The Hall–Kier alpha value is -4.50. The first kappa shape index (κ1) is 37.0. The minimum atomic E-state index is -0.944. The zero-order valence-corrected chi connectivity index (χ0v) is 28.0. The molecule has 1 aromatic heterocycles. The Bertz CT molecular complexity index is 1500. The van der Waals surface area contributed by atoms with Crippen molar-refractivity contribution in [2.45, 2.75) is 61.8 Å². The molecule has 0 aliphatic carbocycles. The van der Waals surface area contributed by atoms with Gasteiger partial charge in [-0.05, 0) is 47.6 Å². The number of para-hydroxylation sites is 1. The summed E-state index contributed by atoms with van der Waals surface area (Å²) in [7, 11) is 3.72. The van der Waals surface area contributed by atoms with Crippen LogP contribution in [0.1, 0.15) is 49.2 Å². The molecule has 3 rings (SSSR count). The quantitative estimate of drug-likeness (QED) is 0.0668. The summed E-state index contributed by atoms with van der Waals surface area (Å²) in [5.41, 5.74) is 0.935. The van der Waals surface area contributed by atoms with Gasteiger partial charge in [0, 0.05) is 38.5 Å². The molecular formula is C32H39N7O6S2. The maximum Gasteiger partial charge on any atom is 0.283 e. The maximum atomic E-state index is 13.8. The lowest BCUT2D eigenvalue weighted by atomic mass is 10.0. The Balaban J connectivity index is 1.74. The number of benzene rings is 2. The standard InChI is InChI=1S/C32H39N7O6S2/c1-21(2)18-23(31(42)37-24(29(40)33-3)19-22-10-5-4-6-11-22)38-32(43)28(47-46-27-13-8-7-12-26(27)39(44)45)14-9-15-36-30(41)25-20-34-16-17-35-25/h4-8,10-13,16-17,20-21,23-24,28H,9,14-15,18-19H2,1-3H3,(H,33,40)(H,36,41)(H,37,42)(H,38,43)/t23?,24-,28?/m0/s1. The first-order chi connectivity index (χ1) is 22.6. The van der Waals surface area contributed by atoms with Crippen molar-refractivity contribution >= 4 is 50.9 Å². The van der Waals surface area contributed by atoms with Crippen molar-refractivity contribution in [3.63, 3.8) is 0 Å². The summed E-state index contributed by atoms with van der Waals surface area (Å²) in [6.07, 6.45) is 5.47. The molecule has 3 aromatic rings. The van der Waals surface area contributed by atoms with Gasteiger partial charge in [-0.2, -0.15) is 0 Å². The normalized spacial score (nSPS) is 12.8. The number of hydrogen-bond acceptors (Lipinski definition) is 10. The molecule has 0 saturated heterocycles. The Kier molecular flexibility index (Phi) is 15.1. The van der Waals surface area contributed by atoms with Crippen molar-refractivity contribution < 1.29 is 24.1 Å². The molecule has 2 aromatic carbocycles. The summed E-state index contributed by atoms with van der Waals surface area (Å²) >= 11 is 0. The van der Waals surface area contributed by atoms with E-state index in [4.69, 9.17) is 0 Å². The van der Waals surface area contributed by atoms with Crippen LogP contribution < -0.4 is 21.3 Å². The van der Waals surface area contributed by atoms with Gasteiger partial charge in [0.1, 0.15) is 17.8 Å². The molecule has 15 heteroatoms. The van der Waals surface area contributed by atoms with Gasteiger partial charge in [-0.25, -0.2) is 4.98 Å². The largest absolute Gasteiger partial charge is 0.357 e. The molecule has 47 heavy (non-hydrogen) atoms. The van der Waals surface area contributed by atoms with Gasteiger partial charge in [0.05, 0.1) is 21.3 Å². The predicted octanol–water partition coefficient (Wildman–Crippen LogP) is 3.71. The topological polar surface area (TPSA) is 185 Å². The maximum absolute atomic E-state index is 13.8. The van der Waals surface area contributed by atoms with E-state index in [0.29, 0.717) is 17.7 Å². The summed E-state index contributed by atoms with van der Waals surface area (Å²) in [4.78, 5) is 71.7. The summed E-state index contributed by atoms with van der Waals surface area (Å²) in [6, 6.07) is 13.7. The third-order valence-electron chi connectivity index (χ3n) is 6.84. The molecule has 0 bridgehead atoms. The highest BCUT2D eigenvalue weighted by atomic mass is 33.1. The van der Waals surface area contributed by atoms with Crippen molar-refractivity contribution in [3.05, 3.63) is 94.6 Å². The molecule has 0 saturated carbocycles. The highest BCUT2D eigenvalue weighted by molar-refractivity contribution is 8.77. The van der Waals surface area contributed by atoms with Crippen molar-refractivity contribution in [2.75, 3.05) is 13.6 Å². The van der Waals surface area contributed by atoms with Gasteiger partial charge in [-0.1, -0.05) is 67.1 Å². The van der Waals surface area contributed by atoms with Crippen LogP contribution in [-0.2, 0) is 20.8 Å². The summed E-state index contributed by atoms with van der Waals surface area (Å²) in [5, 5.41) is 21.9. The van der Waals surface area contributed by atoms with Crippen molar-refractivity contribution in [2.24, 2.45) is 5.92 Å². The Morgan fingerprint density at radius 2 is 1.62 bits per heavy atom. The highest BCUT2D eigenvalue weighted by Crippen LogP contribution is 2.40. The van der Waals surface area contributed by atoms with E-state index in [1.54, 1.807) is 18.2 Å². The van der Waals surface area contributed by atoms with Crippen molar-refractivity contribution in [1.82, 2.24) is 31.2 Å². The lowest BCUT2D eigenvalue weighted by Crippen LogP contribution is -2.55. The smallest absolute Gasteiger partial charge is 0.283 e. The van der Waals surface area contributed by atoms with Gasteiger partial charge in [0.2, 0.25) is 17.7 Å². The van der Waals surface area contributed by atoms with E-state index in [0.717, 1.165) is 27.2 Å². The van der Waals surface area contributed by atoms with Crippen LogP contribution in [0.15, 0.2) is 78.1 Å². The van der Waals surface area contributed by atoms with E-state index >= 15 is 0 Å². The van der Waals surface area contributed by atoms with Gasteiger partial charge < -0.3 is 21.3 Å². The van der Waals surface area contributed by atoms with Crippen LogP contribution >= 0.6 is 21.6 Å². The van der Waals surface area contributed by atoms with Crippen LogP contribution in [-0.4, -0.2) is 69.4 Å². The van der Waals surface area contributed by atoms with Crippen LogP contribution in [0.2, 0.25) is 0 Å². The average molecular weight is 682 g/mol. The van der Waals surface area contributed by atoms with E-state index in [1.165, 1.54) is 31.7 Å². The van der Waals surface area contributed by atoms with Crippen LogP contribution in [0, 0.1) is 16.0 Å². The Morgan fingerprint density at radius 1 is 0.915 bits per heavy atom. The number of aromatic nitrogens is 2. The number of carbonyl (C=O) groups is 4. The van der Waals surface area contributed by atoms with E-state index in [9.17, 15) is 29.3 Å². The fourth-order valence-electron chi connectivity index (χ4n) is 4.48. The predicted molar refractivity (Wildman–Crippen MR) is 181 cm³/mol. The number of likely N-dealkylation sites (N-methyl/N-ethyl adjacent to an activating group) is 1. The minimum Gasteiger partial charge on any atom is -0.357 e. The number of hydrogen-bond donors (Lipinski definition) is 4. The highest BCUT2D eigenvalue weighted by Gasteiger charge is 2.30. The molecule has 2 unspecified atom stereocenters. The zero-order chi connectivity index (χ0) is 34.2. The van der Waals surface area contributed by atoms with E-state index in [-0.39, 0.29) is 42.6 Å².